The third-order valence-electron chi connectivity index (χ3n) is 5.85. The van der Waals surface area contributed by atoms with E-state index in [0.29, 0.717) is 24.7 Å². The lowest BCUT2D eigenvalue weighted by atomic mass is 10.0. The Hall–Kier alpha value is -4.34. The molecule has 0 unspecified atom stereocenters. The minimum atomic E-state index is -4.44. The van der Waals surface area contributed by atoms with Gasteiger partial charge >= 0.3 is 12.2 Å². The van der Waals surface area contributed by atoms with Crippen LogP contribution in [0.15, 0.2) is 72.6 Å². The highest BCUT2D eigenvalue weighted by Gasteiger charge is 2.30. The first-order valence-electron chi connectivity index (χ1n) is 11.3. The number of fused-ring (bicyclic) bond motifs is 1. The molecule has 1 saturated heterocycles. The molecule has 0 aliphatic carbocycles. The normalized spacial score (nSPS) is 14.1. The molecule has 0 saturated carbocycles. The second kappa shape index (κ2) is 9.73. The molecule has 3 aromatic heterocycles. The van der Waals surface area contributed by atoms with Gasteiger partial charge in [0.05, 0.1) is 5.56 Å². The van der Waals surface area contributed by atoms with Crippen LogP contribution in [0.3, 0.4) is 0 Å². The zero-order chi connectivity index (χ0) is 25.1. The molecule has 5 rings (SSSR count). The summed E-state index contributed by atoms with van der Waals surface area (Å²) < 4.78 is 43.8. The van der Waals surface area contributed by atoms with E-state index in [9.17, 15) is 18.0 Å². The lowest BCUT2D eigenvalue weighted by Gasteiger charge is -2.28. The Labute approximate surface area is 204 Å². The molecule has 1 aromatic carbocycles. The highest BCUT2D eigenvalue weighted by atomic mass is 19.4. The number of rotatable bonds is 4. The Balaban J connectivity index is 1.17. The quantitative estimate of drug-likeness (QED) is 0.341. The fourth-order valence-electron chi connectivity index (χ4n) is 3.96. The van der Waals surface area contributed by atoms with Crippen LogP contribution in [0.2, 0.25) is 0 Å². The summed E-state index contributed by atoms with van der Waals surface area (Å²) >= 11 is 0. The summed E-state index contributed by atoms with van der Waals surface area (Å²) in [5.74, 6) is 1.05. The van der Waals surface area contributed by atoms with Crippen molar-refractivity contribution in [2.75, 3.05) is 18.4 Å². The van der Waals surface area contributed by atoms with Gasteiger partial charge in [0.15, 0.2) is 0 Å². The molecule has 2 amide bonds. The lowest BCUT2D eigenvalue weighted by molar-refractivity contribution is -0.137. The van der Waals surface area contributed by atoms with E-state index in [0.717, 1.165) is 41.7 Å². The predicted octanol–water partition coefficient (Wildman–Crippen LogP) is 6.48. The first kappa shape index (κ1) is 23.4. The average molecular weight is 493 g/mol. The summed E-state index contributed by atoms with van der Waals surface area (Å²) in [4.78, 5) is 25.6. The van der Waals surface area contributed by atoms with Gasteiger partial charge in [-0.2, -0.15) is 13.2 Å². The molecule has 4 heterocycles. The number of hydrogen-bond donors (Lipinski definition) is 2. The van der Waals surface area contributed by atoms with Crippen LogP contribution in [0.1, 0.15) is 24.0 Å². The van der Waals surface area contributed by atoms with Gasteiger partial charge in [-0.1, -0.05) is 23.8 Å². The van der Waals surface area contributed by atoms with Crippen molar-refractivity contribution in [1.29, 1.82) is 0 Å². The summed E-state index contributed by atoms with van der Waals surface area (Å²) in [5, 5.41) is 3.83. The zero-order valence-corrected chi connectivity index (χ0v) is 19.0. The van der Waals surface area contributed by atoms with E-state index in [1.165, 1.54) is 11.6 Å². The van der Waals surface area contributed by atoms with Crippen LogP contribution in [0, 0.1) is 0 Å². The average Bonchev–Trinajstić information content (AvgIpc) is 3.32. The molecule has 184 valence electrons. The number of halogens is 3. The maximum atomic E-state index is 12.7. The number of aromatic nitrogens is 3. The van der Waals surface area contributed by atoms with Crippen molar-refractivity contribution in [3.05, 3.63) is 83.7 Å². The number of aromatic amines is 1. The standard InChI is InChI=1S/C26H22F3N5O2/c27-26(28,29)20-5-7-23(31-16-20)36-21-3-1-2-18(15-21)14-17-9-12-34(13-10-17)25(35)33-22-6-4-19-8-11-30-24(19)32-22/h1-8,11,14-16H,9-10,12-13H2,(H2,30,32,33,35). The Kier molecular flexibility index (Phi) is 6.32. The lowest BCUT2D eigenvalue weighted by Crippen LogP contribution is -2.39. The number of carbonyl (C=O) groups is 1. The van der Waals surface area contributed by atoms with E-state index in [2.05, 4.69) is 20.3 Å². The number of urea groups is 1. The highest BCUT2D eigenvalue weighted by molar-refractivity contribution is 5.90. The zero-order valence-electron chi connectivity index (χ0n) is 19.0. The molecule has 10 heteroatoms. The highest BCUT2D eigenvalue weighted by Crippen LogP contribution is 2.30. The van der Waals surface area contributed by atoms with E-state index < -0.39 is 11.7 Å². The van der Waals surface area contributed by atoms with Crippen LogP contribution >= 0.6 is 0 Å². The molecule has 0 atom stereocenters. The number of hydrogen-bond acceptors (Lipinski definition) is 4. The molecular formula is C26H22F3N5O2. The van der Waals surface area contributed by atoms with Crippen molar-refractivity contribution in [1.82, 2.24) is 19.9 Å². The third-order valence-corrected chi connectivity index (χ3v) is 5.85. The van der Waals surface area contributed by atoms with E-state index in [1.807, 2.05) is 30.3 Å². The Morgan fingerprint density at radius 2 is 1.92 bits per heavy atom. The van der Waals surface area contributed by atoms with Gasteiger partial charge in [-0.15, -0.1) is 0 Å². The van der Waals surface area contributed by atoms with Crippen molar-refractivity contribution in [2.45, 2.75) is 19.0 Å². The number of nitrogens with zero attached hydrogens (tertiary/aromatic N) is 3. The number of alkyl halides is 3. The number of anilines is 1. The molecular weight excluding hydrogens is 471 g/mol. The molecule has 7 nitrogen and oxygen atoms in total. The van der Waals surface area contributed by atoms with Gasteiger partial charge in [0.1, 0.15) is 17.2 Å². The Bertz CT molecular complexity index is 1400. The number of carbonyl (C=O) groups excluding carboxylic acids is 1. The number of likely N-dealkylation sites (tertiary alicyclic amines) is 1. The van der Waals surface area contributed by atoms with Crippen LogP contribution in [0.4, 0.5) is 23.8 Å². The number of amides is 2. The van der Waals surface area contributed by atoms with Gasteiger partial charge in [0.25, 0.3) is 0 Å². The number of piperidine rings is 1. The first-order chi connectivity index (χ1) is 17.3. The van der Waals surface area contributed by atoms with Crippen molar-refractivity contribution in [3.63, 3.8) is 0 Å². The van der Waals surface area contributed by atoms with Gasteiger partial charge in [0, 0.05) is 36.9 Å². The second-order valence-electron chi connectivity index (χ2n) is 8.39. The van der Waals surface area contributed by atoms with Gasteiger partial charge in [-0.25, -0.2) is 14.8 Å². The van der Waals surface area contributed by atoms with Gasteiger partial charge < -0.3 is 14.6 Å². The van der Waals surface area contributed by atoms with Gasteiger partial charge in [0.2, 0.25) is 5.88 Å². The molecule has 1 aliphatic rings. The number of pyridine rings is 2. The van der Waals surface area contributed by atoms with Crippen molar-refractivity contribution >= 4 is 29.0 Å². The molecule has 36 heavy (non-hydrogen) atoms. The van der Waals surface area contributed by atoms with Gasteiger partial charge in [-0.05, 0) is 54.8 Å². The topological polar surface area (TPSA) is 83.1 Å². The molecule has 0 bridgehead atoms. The summed E-state index contributed by atoms with van der Waals surface area (Å²) in [7, 11) is 0. The number of benzene rings is 1. The van der Waals surface area contributed by atoms with E-state index in [1.54, 1.807) is 29.3 Å². The Morgan fingerprint density at radius 1 is 1.08 bits per heavy atom. The fourth-order valence-corrected chi connectivity index (χ4v) is 3.96. The van der Waals surface area contributed by atoms with Crippen LogP contribution in [0.5, 0.6) is 11.6 Å². The van der Waals surface area contributed by atoms with Crippen molar-refractivity contribution in [2.24, 2.45) is 0 Å². The maximum Gasteiger partial charge on any atom is 0.417 e. The first-order valence-corrected chi connectivity index (χ1v) is 11.3. The summed E-state index contributed by atoms with van der Waals surface area (Å²) in [6.07, 6.45) is 1.60. The third kappa shape index (κ3) is 5.48. The number of H-pyrrole nitrogens is 1. The largest absolute Gasteiger partial charge is 0.439 e. The van der Waals surface area contributed by atoms with Crippen molar-refractivity contribution in [3.8, 4) is 11.6 Å². The van der Waals surface area contributed by atoms with Crippen LogP contribution in [0.25, 0.3) is 17.1 Å². The molecule has 0 radical (unpaired) electrons. The SMILES string of the molecule is O=C(Nc1ccc2cc[nH]c2n1)N1CCC(=Cc2cccc(Oc3ccc(C(F)(F)F)cn3)c2)CC1. The number of nitrogens with one attached hydrogen (secondary N) is 2. The summed E-state index contributed by atoms with van der Waals surface area (Å²) in [6, 6.07) is 14.8. The van der Waals surface area contributed by atoms with Crippen LogP contribution in [-0.2, 0) is 6.18 Å². The van der Waals surface area contributed by atoms with E-state index in [4.69, 9.17) is 4.74 Å². The van der Waals surface area contributed by atoms with E-state index >= 15 is 0 Å². The summed E-state index contributed by atoms with van der Waals surface area (Å²) in [6.45, 7) is 1.15. The molecule has 4 aromatic rings. The molecule has 1 fully saturated rings. The Morgan fingerprint density at radius 3 is 2.67 bits per heavy atom. The van der Waals surface area contributed by atoms with Crippen LogP contribution in [-0.4, -0.2) is 39.0 Å². The van der Waals surface area contributed by atoms with Crippen LogP contribution < -0.4 is 10.1 Å². The summed E-state index contributed by atoms with van der Waals surface area (Å²) in [5.41, 5.74) is 1.98. The van der Waals surface area contributed by atoms with Crippen molar-refractivity contribution < 1.29 is 22.7 Å². The molecule has 1 aliphatic heterocycles. The minimum Gasteiger partial charge on any atom is -0.439 e. The smallest absolute Gasteiger partial charge is 0.417 e. The predicted molar refractivity (Wildman–Crippen MR) is 130 cm³/mol. The molecule has 2 N–H and O–H groups in total. The van der Waals surface area contributed by atoms with E-state index in [-0.39, 0.29) is 11.9 Å². The maximum absolute atomic E-state index is 12.7. The number of ether oxygens (including phenoxy) is 1. The second-order valence-corrected chi connectivity index (χ2v) is 8.39. The fraction of sp³-hybridized carbons (Fsp3) is 0.192. The minimum absolute atomic E-state index is 0.0806. The molecule has 0 spiro atoms. The monoisotopic (exact) mass is 493 g/mol. The van der Waals surface area contributed by atoms with Gasteiger partial charge in [-0.3, -0.25) is 5.32 Å².